The quantitative estimate of drug-likeness (QED) is 0.252. The molecule has 0 saturated heterocycles. The minimum absolute atomic E-state index is 0. The zero-order chi connectivity index (χ0) is 28.6. The van der Waals surface area contributed by atoms with Gasteiger partial charge in [-0.1, -0.05) is 30.3 Å². The molecule has 0 radical (unpaired) electrons. The maximum absolute atomic E-state index is 13.4. The van der Waals surface area contributed by atoms with Crippen molar-refractivity contribution in [1.29, 1.82) is 0 Å². The largest absolute Gasteiger partial charge is 1.00 e. The van der Waals surface area contributed by atoms with Gasteiger partial charge in [-0.2, -0.15) is 11.8 Å². The number of thioether (sulfide) groups is 1. The predicted molar refractivity (Wildman–Crippen MR) is 159 cm³/mol. The van der Waals surface area contributed by atoms with Gasteiger partial charge >= 0.3 is 24.8 Å². The van der Waals surface area contributed by atoms with Gasteiger partial charge in [0.15, 0.2) is 0 Å². The third-order valence-corrected chi connectivity index (χ3v) is 7.38. The first-order chi connectivity index (χ1) is 19.4. The molecule has 0 fully saturated rings. The fourth-order valence-corrected chi connectivity index (χ4v) is 5.04. The van der Waals surface area contributed by atoms with Crippen LogP contribution in [-0.4, -0.2) is 49.3 Å². The molecule has 9 heteroatoms. The second-order valence-electron chi connectivity index (χ2n) is 9.31. The number of methoxy groups -OCH3 is 2. The molecule has 210 valence electrons. The number of benzene rings is 3. The Labute approximate surface area is 258 Å². The first-order valence-electron chi connectivity index (χ1n) is 12.9. The molecular weight excluding hydrogens is 533 g/mol. The van der Waals surface area contributed by atoms with Gasteiger partial charge in [0.25, 0.3) is 5.91 Å². The van der Waals surface area contributed by atoms with E-state index in [9.17, 15) is 14.7 Å². The van der Waals surface area contributed by atoms with Crippen molar-refractivity contribution in [2.24, 2.45) is 0 Å². The molecule has 2 N–H and O–H groups in total. The molecule has 0 aliphatic heterocycles. The van der Waals surface area contributed by atoms with E-state index in [0.717, 1.165) is 28.0 Å². The van der Waals surface area contributed by atoms with Gasteiger partial charge in [-0.05, 0) is 96.1 Å². The number of nitrogens with one attached hydrogen (secondary N) is 1. The number of carbonyl (C=O) groups is 2. The van der Waals surface area contributed by atoms with Crippen molar-refractivity contribution in [1.82, 2.24) is 5.32 Å². The smallest absolute Gasteiger partial charge is 1.00 e. The van der Waals surface area contributed by atoms with Crippen LogP contribution in [0.15, 0.2) is 83.3 Å². The van der Waals surface area contributed by atoms with Gasteiger partial charge in [0.1, 0.15) is 29.4 Å². The number of ether oxygens (including phenoxy) is 2. The zero-order valence-corrected chi connectivity index (χ0v) is 24.8. The van der Waals surface area contributed by atoms with Crippen molar-refractivity contribution >= 4 is 23.6 Å². The Bertz CT molecular complexity index is 1480. The molecule has 41 heavy (non-hydrogen) atoms. The van der Waals surface area contributed by atoms with E-state index in [1.165, 1.54) is 11.8 Å². The van der Waals surface area contributed by atoms with E-state index in [1.807, 2.05) is 86.0 Å². The van der Waals surface area contributed by atoms with Crippen LogP contribution in [0.5, 0.6) is 5.75 Å². The maximum Gasteiger partial charge on any atom is 1.00 e. The molecule has 1 aromatic heterocycles. The summed E-state index contributed by atoms with van der Waals surface area (Å²) in [5.74, 6) is 1.20. The number of carboxylic acids is 1. The van der Waals surface area contributed by atoms with Crippen molar-refractivity contribution in [2.75, 3.05) is 26.2 Å². The molecule has 7 nitrogen and oxygen atoms in total. The first-order valence-corrected chi connectivity index (χ1v) is 14.2. The summed E-state index contributed by atoms with van der Waals surface area (Å²) >= 11 is 1.54. The van der Waals surface area contributed by atoms with Gasteiger partial charge in [-0.25, -0.2) is 4.79 Å². The summed E-state index contributed by atoms with van der Waals surface area (Å²) in [6.45, 7) is 1.98. The SMILES string of the molecule is COc1ccc(-c2ccc(C(OC)c3ccc(C(=O)NC(CCSC)C(=O)O)c(-c4ccccc4C)c3)o2)cc1.[H-].[Li+]. The number of aryl methyl sites for hydroxylation is 1. The Morgan fingerprint density at radius 2 is 1.73 bits per heavy atom. The standard InChI is InChI=1S/C32H33NO6S.Li.H/c1-20-7-5-6-8-24(20)26-19-22(11-14-25(26)31(34)33-27(32(35)36)17-18-40-4)30(38-3)29-16-15-28(39-29)21-9-12-23(37-2)13-10-21;;/h5-16,19,27,30H,17-18H2,1-4H3,(H,33,34)(H,35,36);;/q;+1;-1. The van der Waals surface area contributed by atoms with Crippen LogP contribution in [0.3, 0.4) is 0 Å². The Morgan fingerprint density at radius 1 is 1.00 bits per heavy atom. The van der Waals surface area contributed by atoms with Gasteiger partial charge in [0, 0.05) is 18.2 Å². The zero-order valence-electron chi connectivity index (χ0n) is 25.0. The van der Waals surface area contributed by atoms with Crippen molar-refractivity contribution in [3.63, 3.8) is 0 Å². The van der Waals surface area contributed by atoms with E-state index in [2.05, 4.69) is 5.32 Å². The molecule has 3 aromatic carbocycles. The number of furan rings is 1. The van der Waals surface area contributed by atoms with Crippen LogP contribution >= 0.6 is 11.8 Å². The van der Waals surface area contributed by atoms with E-state index < -0.39 is 24.0 Å². The number of hydrogen-bond acceptors (Lipinski definition) is 6. The van der Waals surface area contributed by atoms with Gasteiger partial charge in [-0.3, -0.25) is 4.79 Å². The Balaban J connectivity index is 0.00000308. The van der Waals surface area contributed by atoms with Crippen LogP contribution in [-0.2, 0) is 9.53 Å². The van der Waals surface area contributed by atoms with Gasteiger partial charge < -0.3 is 25.7 Å². The van der Waals surface area contributed by atoms with Crippen molar-refractivity contribution in [3.05, 3.63) is 101 Å². The monoisotopic (exact) mass is 567 g/mol. The molecule has 1 heterocycles. The summed E-state index contributed by atoms with van der Waals surface area (Å²) in [6, 6.07) is 23.6. The minimum Gasteiger partial charge on any atom is -1.00 e. The van der Waals surface area contributed by atoms with E-state index in [4.69, 9.17) is 13.9 Å². The number of rotatable bonds is 12. The molecule has 1 amide bonds. The van der Waals surface area contributed by atoms with Crippen LogP contribution in [0.1, 0.15) is 41.2 Å². The molecule has 2 atom stereocenters. The van der Waals surface area contributed by atoms with Crippen molar-refractivity contribution in [2.45, 2.75) is 25.5 Å². The van der Waals surface area contributed by atoms with Crippen LogP contribution in [0, 0.1) is 6.92 Å². The number of carbonyl (C=O) groups excluding carboxylic acids is 1. The van der Waals surface area contributed by atoms with Crippen LogP contribution < -0.4 is 28.9 Å². The second kappa shape index (κ2) is 15.0. The molecule has 2 unspecified atom stereocenters. The van der Waals surface area contributed by atoms with Crippen molar-refractivity contribution < 1.29 is 48.9 Å². The summed E-state index contributed by atoms with van der Waals surface area (Å²) in [5, 5.41) is 12.4. The normalized spacial score (nSPS) is 12.2. The van der Waals surface area contributed by atoms with Gasteiger partial charge in [0.2, 0.25) is 0 Å². The van der Waals surface area contributed by atoms with E-state index in [1.54, 1.807) is 20.3 Å². The number of aliphatic carboxylic acids is 1. The molecular formula is C32H34LiNO6S. The van der Waals surface area contributed by atoms with E-state index in [-0.39, 0.29) is 20.3 Å². The Morgan fingerprint density at radius 3 is 2.37 bits per heavy atom. The summed E-state index contributed by atoms with van der Waals surface area (Å²) in [7, 11) is 3.23. The average molecular weight is 568 g/mol. The Hall–Kier alpha value is -3.41. The summed E-state index contributed by atoms with van der Waals surface area (Å²) in [4.78, 5) is 25.2. The van der Waals surface area contributed by atoms with Gasteiger partial charge in [0.05, 0.1) is 7.11 Å². The third-order valence-electron chi connectivity index (χ3n) is 6.74. The molecule has 0 aliphatic carbocycles. The fourth-order valence-electron chi connectivity index (χ4n) is 4.57. The van der Waals surface area contributed by atoms with E-state index >= 15 is 0 Å². The molecule has 0 saturated carbocycles. The average Bonchev–Trinajstić information content (AvgIpc) is 3.45. The van der Waals surface area contributed by atoms with Crippen LogP contribution in [0.25, 0.3) is 22.5 Å². The van der Waals surface area contributed by atoms with Crippen LogP contribution in [0.2, 0.25) is 0 Å². The second-order valence-corrected chi connectivity index (χ2v) is 10.3. The Kier molecular flexibility index (Phi) is 11.7. The predicted octanol–water partition coefficient (Wildman–Crippen LogP) is 3.72. The van der Waals surface area contributed by atoms with E-state index in [0.29, 0.717) is 34.8 Å². The third kappa shape index (κ3) is 7.66. The summed E-state index contributed by atoms with van der Waals surface area (Å²) in [6.07, 6.45) is 1.71. The van der Waals surface area contributed by atoms with Crippen LogP contribution in [0.4, 0.5) is 0 Å². The molecule has 4 rings (SSSR count). The molecule has 0 aliphatic rings. The fraction of sp³-hybridized carbons (Fsp3) is 0.250. The molecule has 0 spiro atoms. The summed E-state index contributed by atoms with van der Waals surface area (Å²) < 4.78 is 17.3. The molecule has 4 aromatic rings. The number of amides is 1. The van der Waals surface area contributed by atoms with Gasteiger partial charge in [-0.15, -0.1) is 0 Å². The minimum atomic E-state index is -1.05. The van der Waals surface area contributed by atoms with Crippen molar-refractivity contribution in [3.8, 4) is 28.2 Å². The molecule has 0 bridgehead atoms. The number of hydrogen-bond donors (Lipinski definition) is 2. The first kappa shape index (κ1) is 32.1. The summed E-state index contributed by atoms with van der Waals surface area (Å²) in [5.41, 5.74) is 4.64. The topological polar surface area (TPSA) is 98.0 Å². The maximum atomic E-state index is 13.4. The number of carboxylic acid groups (broad SMARTS) is 1.